The fourth-order valence-corrected chi connectivity index (χ4v) is 19.2. The van der Waals surface area contributed by atoms with Gasteiger partial charge in [-0.3, -0.25) is 24.0 Å². The number of H-pyrrole nitrogens is 5. The second kappa shape index (κ2) is 41.1. The lowest BCUT2D eigenvalue weighted by molar-refractivity contribution is 0.0239. The quantitative estimate of drug-likeness (QED) is 0.0375. The molecular weight excluding hydrogens is 1940 g/mol. The van der Waals surface area contributed by atoms with Gasteiger partial charge in [0.1, 0.15) is 45.3 Å². The van der Waals surface area contributed by atoms with Gasteiger partial charge in [0.15, 0.2) is 60.8 Å². The predicted molar refractivity (Wildman–Crippen MR) is 527 cm³/mol. The summed E-state index contributed by atoms with van der Waals surface area (Å²) >= 11 is 5.94. The first-order chi connectivity index (χ1) is 66.7. The molecule has 15 aromatic heterocycles. The molecule has 0 atom stereocenters. The monoisotopic (exact) mass is 2040 g/mol. The van der Waals surface area contributed by atoms with Crippen LogP contribution in [0.15, 0.2) is 235 Å². The molecule has 2 aromatic carbocycles. The van der Waals surface area contributed by atoms with E-state index in [1.165, 1.54) is 49.6 Å². The lowest BCUT2D eigenvalue weighted by atomic mass is 10.1. The maximum absolute atomic E-state index is 14.1. The highest BCUT2D eigenvalue weighted by Gasteiger charge is 2.30. The van der Waals surface area contributed by atoms with Crippen LogP contribution in [-0.2, 0) is 65.4 Å². The van der Waals surface area contributed by atoms with Crippen molar-refractivity contribution in [1.82, 2.24) is 71.8 Å². The average Bonchev–Trinajstić information content (AvgIpc) is 1.65. The molecule has 17 aromatic rings. The maximum atomic E-state index is 14.1. The Morgan fingerprint density at radius 1 is 0.411 bits per heavy atom. The number of hydrogen-bond acceptors (Lipinski definition) is 26. The van der Waals surface area contributed by atoms with Gasteiger partial charge in [-0.05, 0) is 195 Å². The van der Waals surface area contributed by atoms with Crippen molar-refractivity contribution in [3.8, 4) is 97.2 Å². The highest BCUT2D eigenvalue weighted by Crippen LogP contribution is 2.42. The van der Waals surface area contributed by atoms with Crippen molar-refractivity contribution in [2.45, 2.75) is 106 Å². The first kappa shape index (κ1) is 101. The van der Waals surface area contributed by atoms with E-state index in [-0.39, 0.29) is 83.2 Å². The molecule has 0 bridgehead atoms. The molecule has 0 unspecified atom stereocenters. The molecule has 0 amide bonds. The van der Waals surface area contributed by atoms with Crippen LogP contribution < -0.4 is 51.5 Å². The van der Waals surface area contributed by atoms with Crippen molar-refractivity contribution in [2.24, 2.45) is 11.8 Å². The van der Waals surface area contributed by atoms with Gasteiger partial charge < -0.3 is 75.3 Å². The van der Waals surface area contributed by atoms with Crippen LogP contribution in [0.4, 0.5) is 8.78 Å². The number of fused-ring (bicyclic) bond motifs is 5. The summed E-state index contributed by atoms with van der Waals surface area (Å²) in [6.07, 6.45) is 32.3. The number of ether oxygens (including phenoxy) is 6. The topological polar surface area (TPSA) is 477 Å². The van der Waals surface area contributed by atoms with Gasteiger partial charge in [0, 0.05) is 148 Å². The Morgan fingerprint density at radius 2 is 0.745 bits per heavy atom. The largest absolute Gasteiger partial charge is 0.477 e. The Balaban J connectivity index is 0.000000133. The van der Waals surface area contributed by atoms with Crippen LogP contribution in [0, 0.1) is 58.1 Å². The zero-order chi connectivity index (χ0) is 101. The Bertz CT molecular complexity index is 8680. The van der Waals surface area contributed by atoms with Crippen LogP contribution in [0.25, 0.3) is 83.9 Å². The molecule has 2 aliphatic rings. The van der Waals surface area contributed by atoms with Crippen LogP contribution in [0.1, 0.15) is 78.5 Å². The van der Waals surface area contributed by atoms with E-state index in [0.717, 1.165) is 90.7 Å². The highest BCUT2D eigenvalue weighted by atomic mass is 35.5. The number of aromatic amines is 5. The van der Waals surface area contributed by atoms with Crippen molar-refractivity contribution < 1.29 is 79.3 Å². The highest BCUT2D eigenvalue weighted by molar-refractivity contribution is 7.91. The summed E-state index contributed by atoms with van der Waals surface area (Å²) < 4.78 is 190. The summed E-state index contributed by atoms with van der Waals surface area (Å²) in [6, 6.07) is 26.6. The normalized spacial score (nSPS) is 13.1. The molecule has 19 rings (SSSR count). The molecule has 1 saturated heterocycles. The Morgan fingerprint density at radius 3 is 1.11 bits per heavy atom. The number of pyridine rings is 5. The summed E-state index contributed by atoms with van der Waals surface area (Å²) in [7, 11) is -16.9. The standard InChI is InChI=1S/C21H18ClN3O4S.C20H15F2N3O4S.C19H21N3O5S.C19H23N3O4S.C18H19N3O4S/c1-13-9-18(25-8-7-23-20(26)19(13)25)17-10-14(12-30(2,27)28)11-24-21(17)29-16-5-3-15(22)4-6-16;1-11-7-16(25-6-5-23-19(26)18(11)25)14-9-13(30(2,27)28)10-24-20(14)29-17-4-3-12(21)8-15(17)22;1-12-9-16(22-6-5-20-18(23)17(12)22)15-10-14(28(2,24)25)11-21-19(15)27-13-3-7-26-8-4-13;1-12(2)10-26-19-15(8-14(9-21-19)11-27(4,24)25)16-7-13(3)17-18(23)20-5-6-22(16)17;1-11-7-15(21-6-5-19-17(22)16(11)21)14-8-13(26(2,23)24)9-20-18(14)25-10-12-3-4-12/h3-11H,12H2,1-2H3,(H,23,26);3-10H,1-2H3,(H,23,26);5-6,9-11,13H,3-4,7-8H2,1-2H3,(H,20,23);5-9,12H,10-11H2,1-4H3,(H,20,23);5-9,12H,3-4,10H2,1-2H3,(H,19,22). The van der Waals surface area contributed by atoms with Gasteiger partial charge in [-0.2, -0.15) is 0 Å². The van der Waals surface area contributed by atoms with Gasteiger partial charge in [-0.25, -0.2) is 75.8 Å². The fourth-order valence-electron chi connectivity index (χ4n) is 15.8. The number of halogens is 3. The van der Waals surface area contributed by atoms with Crippen LogP contribution in [0.2, 0.25) is 5.02 Å². The van der Waals surface area contributed by atoms with E-state index in [1.807, 2.05) is 65.8 Å². The average molecular weight is 2040 g/mol. The van der Waals surface area contributed by atoms with E-state index in [1.54, 1.807) is 139 Å². The summed E-state index contributed by atoms with van der Waals surface area (Å²) in [4.78, 5) is 95.8. The van der Waals surface area contributed by atoms with Crippen LogP contribution in [0.3, 0.4) is 0 Å². The minimum absolute atomic E-state index is 0.0557. The Kier molecular flexibility index (Phi) is 29.4. The van der Waals surface area contributed by atoms with E-state index in [9.17, 15) is 74.8 Å². The number of aryl methyl sites for hydroxylation is 5. The van der Waals surface area contributed by atoms with Gasteiger partial charge in [0.2, 0.25) is 29.4 Å². The number of nitrogens with one attached hydrogen (secondary N) is 5. The molecule has 1 saturated carbocycles. The molecule has 5 N–H and O–H groups in total. The molecule has 16 heterocycles. The molecule has 141 heavy (non-hydrogen) atoms. The molecule has 1 aliphatic carbocycles. The Hall–Kier alpha value is -14.5. The summed E-state index contributed by atoms with van der Waals surface area (Å²) in [5, 5.41) is 0.575. The van der Waals surface area contributed by atoms with Gasteiger partial charge >= 0.3 is 0 Å². The molecule has 1 aliphatic heterocycles. The van der Waals surface area contributed by atoms with Crippen LogP contribution >= 0.6 is 11.6 Å². The molecular formula is C97H96ClF2N15O21S5. The van der Waals surface area contributed by atoms with Crippen LogP contribution in [0.5, 0.6) is 40.9 Å². The summed E-state index contributed by atoms with van der Waals surface area (Å²) in [5.74, 6) is 0.433. The third-order valence-corrected chi connectivity index (χ3v) is 27.7. The van der Waals surface area contributed by atoms with Gasteiger partial charge in [-0.15, -0.1) is 0 Å². The Labute approximate surface area is 810 Å². The van der Waals surface area contributed by atoms with Gasteiger partial charge in [0.25, 0.3) is 27.8 Å². The number of rotatable bonds is 24. The lowest BCUT2D eigenvalue weighted by Crippen LogP contribution is -2.26. The zero-order valence-corrected chi connectivity index (χ0v) is 82.8. The molecule has 36 nitrogen and oxygen atoms in total. The SMILES string of the molecule is Cc1cc(-c2cc(CS(C)(=O)=O)cnc2OCC(C)C)n2cc[nH]c(=O)c12.Cc1cc(-c2cc(CS(C)(=O)=O)cnc2Oc2ccc(Cl)cc2)n2cc[nH]c(=O)c12.Cc1cc(-c2cc(S(C)(=O)=O)cnc2OC2CCOCC2)n2cc[nH]c(=O)c12.Cc1cc(-c2cc(S(C)(=O)=O)cnc2OCC2CC2)n2cc[nH]c(=O)c12.Cc1cc(-c2cc(S(C)(=O)=O)cnc2Oc2ccc(F)cc2F)n2cc[nH]c(=O)c12. The third-order valence-electron chi connectivity index (χ3n) is 22.5. The van der Waals surface area contributed by atoms with E-state index >= 15 is 0 Å². The predicted octanol–water partition coefficient (Wildman–Crippen LogP) is 14.2. The van der Waals surface area contributed by atoms with E-state index < -0.39 is 60.8 Å². The zero-order valence-electron chi connectivity index (χ0n) is 78.0. The number of benzene rings is 2. The van der Waals surface area contributed by atoms with Crippen molar-refractivity contribution in [3.05, 3.63) is 303 Å². The van der Waals surface area contributed by atoms with Crippen molar-refractivity contribution in [2.75, 3.05) is 57.7 Å². The third kappa shape index (κ3) is 23.6. The summed E-state index contributed by atoms with van der Waals surface area (Å²) in [5.41, 5.74) is 11.8. The summed E-state index contributed by atoms with van der Waals surface area (Å²) in [6.45, 7) is 15.4. The number of nitrogens with zero attached hydrogens (tertiary/aromatic N) is 10. The van der Waals surface area contributed by atoms with Gasteiger partial charge in [0.05, 0.1) is 109 Å². The number of hydrogen-bond donors (Lipinski definition) is 5. The number of sulfone groups is 5. The van der Waals surface area contributed by atoms with E-state index in [0.29, 0.717) is 162 Å². The first-order valence-corrected chi connectivity index (χ1v) is 53.9. The minimum atomic E-state index is -3.61. The molecule has 736 valence electrons. The van der Waals surface area contributed by atoms with E-state index in [4.69, 9.17) is 40.0 Å². The molecule has 44 heteroatoms. The minimum Gasteiger partial charge on any atom is -0.477 e. The van der Waals surface area contributed by atoms with Crippen molar-refractivity contribution in [3.63, 3.8) is 0 Å². The smallest absolute Gasteiger partial charge is 0.272 e. The molecule has 0 spiro atoms. The number of aromatic nitrogens is 15. The molecule has 2 fully saturated rings. The second-order valence-electron chi connectivity index (χ2n) is 34.6. The first-order valence-electron chi connectivity index (χ1n) is 43.7. The van der Waals surface area contributed by atoms with Gasteiger partial charge in [-0.1, -0.05) is 25.4 Å². The molecule has 0 radical (unpaired) electrons. The maximum Gasteiger partial charge on any atom is 0.272 e. The van der Waals surface area contributed by atoms with E-state index in [2.05, 4.69) is 49.8 Å². The lowest BCUT2D eigenvalue weighted by Gasteiger charge is -2.24. The second-order valence-corrected chi connectivity index (χ2v) is 45.4. The van der Waals surface area contributed by atoms with Crippen LogP contribution in [-0.4, -0.2) is 178 Å². The van der Waals surface area contributed by atoms with Crippen molar-refractivity contribution in [1.29, 1.82) is 0 Å². The van der Waals surface area contributed by atoms with Crippen molar-refractivity contribution >= 4 is 88.4 Å². The fraction of sp³-hybridized carbons (Fsp3) is 0.258.